The van der Waals surface area contributed by atoms with Gasteiger partial charge in [0.25, 0.3) is 11.7 Å². The number of ketones is 1. The molecule has 6 heteroatoms. The summed E-state index contributed by atoms with van der Waals surface area (Å²) in [5.41, 5.74) is 3.12. The molecule has 1 atom stereocenters. The summed E-state index contributed by atoms with van der Waals surface area (Å²) in [6.45, 7) is 8.91. The number of rotatable bonds is 7. The second kappa shape index (κ2) is 10.5. The van der Waals surface area contributed by atoms with Crippen molar-refractivity contribution < 1.29 is 24.2 Å². The van der Waals surface area contributed by atoms with Crippen molar-refractivity contribution in [1.82, 2.24) is 4.90 Å². The van der Waals surface area contributed by atoms with E-state index in [0.717, 1.165) is 16.7 Å². The molecule has 37 heavy (non-hydrogen) atoms. The van der Waals surface area contributed by atoms with Gasteiger partial charge in [0.2, 0.25) is 0 Å². The number of ether oxygens (including phenoxy) is 2. The van der Waals surface area contributed by atoms with Crippen LogP contribution >= 0.6 is 0 Å². The average Bonchev–Trinajstić information content (AvgIpc) is 3.13. The molecule has 0 bridgehead atoms. The van der Waals surface area contributed by atoms with Crippen LogP contribution in [-0.2, 0) is 21.5 Å². The molecule has 1 heterocycles. The number of aliphatic hydroxyl groups is 1. The van der Waals surface area contributed by atoms with E-state index in [-0.39, 0.29) is 23.3 Å². The fourth-order valence-corrected chi connectivity index (χ4v) is 4.58. The van der Waals surface area contributed by atoms with Crippen molar-refractivity contribution in [1.29, 1.82) is 0 Å². The minimum absolute atomic E-state index is 0.0549. The van der Waals surface area contributed by atoms with Crippen LogP contribution in [0.5, 0.6) is 11.5 Å². The molecule has 4 rings (SSSR count). The molecule has 0 spiro atoms. The molecular formula is C31H33NO5. The first-order valence-corrected chi connectivity index (χ1v) is 12.4. The van der Waals surface area contributed by atoms with E-state index in [1.807, 2.05) is 55.5 Å². The van der Waals surface area contributed by atoms with E-state index in [0.29, 0.717) is 23.7 Å². The molecule has 1 aliphatic heterocycles. The van der Waals surface area contributed by atoms with Gasteiger partial charge in [0.05, 0.1) is 25.3 Å². The molecule has 0 aromatic heterocycles. The van der Waals surface area contributed by atoms with Crippen LogP contribution in [0.4, 0.5) is 0 Å². The number of methoxy groups -OCH3 is 1. The summed E-state index contributed by atoms with van der Waals surface area (Å²) in [5.74, 6) is -0.364. The molecule has 1 aliphatic rings. The van der Waals surface area contributed by atoms with Crippen LogP contribution < -0.4 is 9.47 Å². The van der Waals surface area contributed by atoms with Crippen LogP contribution in [0.25, 0.3) is 5.76 Å². The van der Waals surface area contributed by atoms with Crippen molar-refractivity contribution in [3.8, 4) is 11.5 Å². The lowest BCUT2D eigenvalue weighted by Crippen LogP contribution is -2.29. The van der Waals surface area contributed by atoms with Gasteiger partial charge in [-0.1, -0.05) is 69.3 Å². The summed E-state index contributed by atoms with van der Waals surface area (Å²) in [7, 11) is 1.58. The first kappa shape index (κ1) is 26.0. The number of hydrogen-bond acceptors (Lipinski definition) is 5. The minimum Gasteiger partial charge on any atom is -0.507 e. The first-order chi connectivity index (χ1) is 17.6. The lowest BCUT2D eigenvalue weighted by atomic mass is 9.85. The first-order valence-electron chi connectivity index (χ1n) is 12.4. The summed E-state index contributed by atoms with van der Waals surface area (Å²) in [6.07, 6.45) is 0. The standard InChI is InChI=1S/C31H33NO5/c1-6-37-25-12-8-10-22(18-25)28(33)26-27(21-13-15-23(16-14-21)31(2,3)4)32(30(35)29(26)34)19-20-9-7-11-24(17-20)36-5/h7-18,27,33H,6,19H2,1-5H3/b28-26-. The highest BCUT2D eigenvalue weighted by molar-refractivity contribution is 6.46. The number of benzene rings is 3. The Hall–Kier alpha value is -4.06. The van der Waals surface area contributed by atoms with Gasteiger partial charge in [0, 0.05) is 12.1 Å². The molecule has 1 unspecified atom stereocenters. The Morgan fingerprint density at radius 3 is 2.27 bits per heavy atom. The van der Waals surface area contributed by atoms with E-state index in [9.17, 15) is 14.7 Å². The van der Waals surface area contributed by atoms with Crippen molar-refractivity contribution in [2.45, 2.75) is 45.7 Å². The van der Waals surface area contributed by atoms with Gasteiger partial charge in [-0.25, -0.2) is 0 Å². The maximum atomic E-state index is 13.4. The van der Waals surface area contributed by atoms with Gasteiger partial charge in [-0.05, 0) is 53.3 Å². The summed E-state index contributed by atoms with van der Waals surface area (Å²) in [6, 6.07) is 21.4. The maximum absolute atomic E-state index is 13.4. The molecule has 3 aromatic rings. The van der Waals surface area contributed by atoms with E-state index < -0.39 is 17.7 Å². The highest BCUT2D eigenvalue weighted by Gasteiger charge is 2.46. The van der Waals surface area contributed by atoms with Gasteiger partial charge < -0.3 is 19.5 Å². The molecule has 0 radical (unpaired) electrons. The fourth-order valence-electron chi connectivity index (χ4n) is 4.58. The van der Waals surface area contributed by atoms with Crippen LogP contribution in [0.1, 0.15) is 56.0 Å². The average molecular weight is 500 g/mol. The lowest BCUT2D eigenvalue weighted by molar-refractivity contribution is -0.140. The third kappa shape index (κ3) is 5.38. The van der Waals surface area contributed by atoms with E-state index in [4.69, 9.17) is 9.47 Å². The number of nitrogens with zero attached hydrogens (tertiary/aromatic N) is 1. The van der Waals surface area contributed by atoms with Crippen LogP contribution in [-0.4, -0.2) is 35.4 Å². The summed E-state index contributed by atoms with van der Waals surface area (Å²) >= 11 is 0. The molecule has 6 nitrogen and oxygen atoms in total. The van der Waals surface area contributed by atoms with Gasteiger partial charge in [0.15, 0.2) is 0 Å². The molecule has 1 N–H and O–H groups in total. The second-order valence-electron chi connectivity index (χ2n) is 10.1. The van der Waals surface area contributed by atoms with Crippen molar-refractivity contribution in [3.63, 3.8) is 0 Å². The highest BCUT2D eigenvalue weighted by Crippen LogP contribution is 2.41. The number of amides is 1. The highest BCUT2D eigenvalue weighted by atomic mass is 16.5. The zero-order chi connectivity index (χ0) is 26.7. The van der Waals surface area contributed by atoms with Crippen LogP contribution in [0.3, 0.4) is 0 Å². The number of carbonyl (C=O) groups is 2. The predicted octanol–water partition coefficient (Wildman–Crippen LogP) is 6.01. The Morgan fingerprint density at radius 2 is 1.62 bits per heavy atom. The maximum Gasteiger partial charge on any atom is 0.295 e. The number of hydrogen-bond donors (Lipinski definition) is 1. The predicted molar refractivity (Wildman–Crippen MR) is 144 cm³/mol. The van der Waals surface area contributed by atoms with Gasteiger partial charge in [-0.3, -0.25) is 9.59 Å². The molecular weight excluding hydrogens is 466 g/mol. The van der Waals surface area contributed by atoms with E-state index in [2.05, 4.69) is 20.8 Å². The van der Waals surface area contributed by atoms with Crippen molar-refractivity contribution in [2.75, 3.05) is 13.7 Å². The quantitative estimate of drug-likeness (QED) is 0.245. The van der Waals surface area contributed by atoms with Crippen molar-refractivity contribution >= 4 is 17.4 Å². The van der Waals surface area contributed by atoms with Crippen LogP contribution in [0, 0.1) is 0 Å². The van der Waals surface area contributed by atoms with Gasteiger partial charge in [-0.15, -0.1) is 0 Å². The van der Waals surface area contributed by atoms with Gasteiger partial charge >= 0.3 is 0 Å². The molecule has 3 aromatic carbocycles. The molecule has 0 aliphatic carbocycles. The molecule has 0 saturated carbocycles. The second-order valence-corrected chi connectivity index (χ2v) is 10.1. The van der Waals surface area contributed by atoms with E-state index >= 15 is 0 Å². The molecule has 1 saturated heterocycles. The Kier molecular flexibility index (Phi) is 7.39. The normalized spacial score (nSPS) is 17.2. The Labute approximate surface area is 218 Å². The number of aliphatic hydroxyl groups excluding tert-OH is 1. The van der Waals surface area contributed by atoms with Crippen LogP contribution in [0.15, 0.2) is 78.4 Å². The molecule has 1 fully saturated rings. The number of carbonyl (C=O) groups excluding carboxylic acids is 2. The van der Waals surface area contributed by atoms with E-state index in [1.165, 1.54) is 4.90 Å². The zero-order valence-electron chi connectivity index (χ0n) is 21.9. The topological polar surface area (TPSA) is 76.1 Å². The molecule has 192 valence electrons. The van der Waals surface area contributed by atoms with Crippen molar-refractivity contribution in [3.05, 3.63) is 101 Å². The summed E-state index contributed by atoms with van der Waals surface area (Å²) in [4.78, 5) is 28.3. The minimum atomic E-state index is -0.754. The lowest BCUT2D eigenvalue weighted by Gasteiger charge is -2.27. The third-order valence-corrected chi connectivity index (χ3v) is 6.54. The molecule has 1 amide bonds. The van der Waals surface area contributed by atoms with E-state index in [1.54, 1.807) is 31.4 Å². The SMILES string of the molecule is CCOc1cccc(/C(O)=C2/C(=O)C(=O)N(Cc3cccc(OC)c3)C2c2ccc(C(C)(C)C)cc2)c1. The Bertz CT molecular complexity index is 1330. The zero-order valence-corrected chi connectivity index (χ0v) is 21.9. The van der Waals surface area contributed by atoms with Gasteiger partial charge in [0.1, 0.15) is 17.3 Å². The third-order valence-electron chi connectivity index (χ3n) is 6.54. The largest absolute Gasteiger partial charge is 0.507 e. The summed E-state index contributed by atoms with van der Waals surface area (Å²) < 4.78 is 10.9. The number of likely N-dealkylation sites (tertiary alicyclic amines) is 1. The van der Waals surface area contributed by atoms with Crippen LogP contribution in [0.2, 0.25) is 0 Å². The number of Topliss-reactive ketones (excluding diaryl/α,β-unsaturated/α-hetero) is 1. The van der Waals surface area contributed by atoms with Crippen molar-refractivity contribution in [2.24, 2.45) is 0 Å². The smallest absolute Gasteiger partial charge is 0.295 e. The fraction of sp³-hybridized carbons (Fsp3) is 0.290. The van der Waals surface area contributed by atoms with Gasteiger partial charge in [-0.2, -0.15) is 0 Å². The summed E-state index contributed by atoms with van der Waals surface area (Å²) in [5, 5.41) is 11.4. The Balaban J connectivity index is 1.85. The Morgan fingerprint density at radius 1 is 0.946 bits per heavy atom. The monoisotopic (exact) mass is 499 g/mol.